The molecule has 104 valence electrons. The minimum Gasteiger partial charge on any atom is -0.314 e. The molecule has 1 aromatic rings. The Balaban J connectivity index is 2.37. The fourth-order valence-corrected chi connectivity index (χ4v) is 2.73. The lowest BCUT2D eigenvalue weighted by molar-refractivity contribution is 0.171. The van der Waals surface area contributed by atoms with Gasteiger partial charge in [0, 0.05) is 37.8 Å². The third-order valence-corrected chi connectivity index (χ3v) is 3.78. The number of piperazine rings is 1. The number of benzene rings is 1. The standard InChI is InChI=1S/C14H17ClF2N2/c1-2-3-12(19-8-6-18-7-9-19)13-10(16)4-5-11(17)14(13)15/h2,4-5,12,18H,1,3,6-9H2/t12-/m0/s1. The molecule has 0 saturated carbocycles. The van der Waals surface area contributed by atoms with Gasteiger partial charge in [0.2, 0.25) is 0 Å². The smallest absolute Gasteiger partial charge is 0.142 e. The van der Waals surface area contributed by atoms with Gasteiger partial charge in [-0.05, 0) is 18.6 Å². The monoisotopic (exact) mass is 286 g/mol. The Labute approximate surface area is 117 Å². The van der Waals surface area contributed by atoms with Gasteiger partial charge in [-0.2, -0.15) is 0 Å². The molecule has 1 N–H and O–H groups in total. The third-order valence-electron chi connectivity index (χ3n) is 3.39. The fourth-order valence-electron chi connectivity index (χ4n) is 2.45. The van der Waals surface area contributed by atoms with Crippen LogP contribution in [0.15, 0.2) is 24.8 Å². The van der Waals surface area contributed by atoms with E-state index in [-0.39, 0.29) is 16.6 Å². The van der Waals surface area contributed by atoms with Gasteiger partial charge in [0.15, 0.2) is 0 Å². The summed E-state index contributed by atoms with van der Waals surface area (Å²) in [6, 6.07) is 1.93. The highest BCUT2D eigenvalue weighted by Gasteiger charge is 2.27. The molecule has 5 heteroatoms. The molecule has 1 aliphatic heterocycles. The van der Waals surface area contributed by atoms with E-state index in [1.165, 1.54) is 0 Å². The molecule has 1 saturated heterocycles. The molecule has 1 atom stereocenters. The zero-order valence-corrected chi connectivity index (χ0v) is 11.4. The van der Waals surface area contributed by atoms with Gasteiger partial charge in [0.05, 0.1) is 5.02 Å². The summed E-state index contributed by atoms with van der Waals surface area (Å²) < 4.78 is 27.6. The topological polar surface area (TPSA) is 15.3 Å². The zero-order chi connectivity index (χ0) is 13.8. The lowest BCUT2D eigenvalue weighted by atomic mass is 10.00. The highest BCUT2D eigenvalue weighted by molar-refractivity contribution is 6.31. The lowest BCUT2D eigenvalue weighted by Gasteiger charge is -2.35. The quantitative estimate of drug-likeness (QED) is 0.676. The van der Waals surface area contributed by atoms with Crippen LogP contribution in [0.25, 0.3) is 0 Å². The van der Waals surface area contributed by atoms with Gasteiger partial charge >= 0.3 is 0 Å². The summed E-state index contributed by atoms with van der Waals surface area (Å²) in [6.07, 6.45) is 2.26. The molecule has 2 rings (SSSR count). The third kappa shape index (κ3) is 3.14. The van der Waals surface area contributed by atoms with Crippen LogP contribution in [-0.4, -0.2) is 31.1 Å². The maximum Gasteiger partial charge on any atom is 0.142 e. The minimum absolute atomic E-state index is 0.120. The summed E-state index contributed by atoms with van der Waals surface area (Å²) >= 11 is 5.96. The van der Waals surface area contributed by atoms with E-state index in [4.69, 9.17) is 11.6 Å². The van der Waals surface area contributed by atoms with E-state index in [0.29, 0.717) is 6.42 Å². The molecule has 1 aliphatic rings. The summed E-state index contributed by atoms with van der Waals surface area (Å²) in [7, 11) is 0. The van der Waals surface area contributed by atoms with Crippen LogP contribution in [0.4, 0.5) is 8.78 Å². The van der Waals surface area contributed by atoms with Crippen molar-refractivity contribution in [2.24, 2.45) is 0 Å². The predicted octanol–water partition coefficient (Wildman–Crippen LogP) is 3.14. The van der Waals surface area contributed by atoms with Gasteiger partial charge in [-0.1, -0.05) is 17.7 Å². The van der Waals surface area contributed by atoms with E-state index in [9.17, 15) is 8.78 Å². The summed E-state index contributed by atoms with van der Waals surface area (Å²) in [4.78, 5) is 2.11. The van der Waals surface area contributed by atoms with E-state index < -0.39 is 11.6 Å². The Bertz CT molecular complexity index is 459. The molecule has 0 unspecified atom stereocenters. The van der Waals surface area contributed by atoms with Crippen molar-refractivity contribution >= 4 is 11.6 Å². The first-order valence-electron chi connectivity index (χ1n) is 6.34. The summed E-state index contributed by atoms with van der Waals surface area (Å²) in [5.41, 5.74) is 0.239. The highest BCUT2D eigenvalue weighted by Crippen LogP contribution is 2.34. The molecule has 0 aromatic heterocycles. The second kappa shape index (κ2) is 6.46. The van der Waals surface area contributed by atoms with Crippen LogP contribution in [0.2, 0.25) is 5.02 Å². The van der Waals surface area contributed by atoms with Crippen molar-refractivity contribution < 1.29 is 8.78 Å². The maximum atomic E-state index is 14.0. The van der Waals surface area contributed by atoms with Crippen LogP contribution in [0.5, 0.6) is 0 Å². The number of rotatable bonds is 4. The Kier molecular flexibility index (Phi) is 4.91. The lowest BCUT2D eigenvalue weighted by Crippen LogP contribution is -2.45. The molecular formula is C14H17ClF2N2. The van der Waals surface area contributed by atoms with E-state index in [0.717, 1.165) is 38.3 Å². The first kappa shape index (κ1) is 14.4. The van der Waals surface area contributed by atoms with Crippen molar-refractivity contribution in [3.8, 4) is 0 Å². The molecule has 0 radical (unpaired) electrons. The Hall–Kier alpha value is -0.970. The van der Waals surface area contributed by atoms with Crippen LogP contribution in [-0.2, 0) is 0 Å². The van der Waals surface area contributed by atoms with Crippen molar-refractivity contribution in [2.45, 2.75) is 12.5 Å². The van der Waals surface area contributed by atoms with Crippen molar-refractivity contribution in [1.82, 2.24) is 10.2 Å². The molecule has 0 bridgehead atoms. The Morgan fingerprint density at radius 3 is 2.58 bits per heavy atom. The molecule has 1 heterocycles. The van der Waals surface area contributed by atoms with Crippen molar-refractivity contribution in [3.63, 3.8) is 0 Å². The van der Waals surface area contributed by atoms with Crippen molar-refractivity contribution in [3.05, 3.63) is 47.0 Å². The molecule has 19 heavy (non-hydrogen) atoms. The van der Waals surface area contributed by atoms with Gasteiger partial charge in [0.25, 0.3) is 0 Å². The number of hydrogen-bond donors (Lipinski definition) is 1. The summed E-state index contributed by atoms with van der Waals surface area (Å²) in [5.74, 6) is -1.04. The molecular weight excluding hydrogens is 270 g/mol. The van der Waals surface area contributed by atoms with Crippen LogP contribution < -0.4 is 5.32 Å². The second-order valence-corrected chi connectivity index (χ2v) is 4.96. The van der Waals surface area contributed by atoms with Crippen LogP contribution in [0, 0.1) is 11.6 Å². The zero-order valence-electron chi connectivity index (χ0n) is 10.6. The second-order valence-electron chi connectivity index (χ2n) is 4.58. The van der Waals surface area contributed by atoms with Gasteiger partial charge in [-0.15, -0.1) is 6.58 Å². The molecule has 1 aromatic carbocycles. The number of nitrogens with one attached hydrogen (secondary N) is 1. The largest absolute Gasteiger partial charge is 0.314 e. The predicted molar refractivity (Wildman–Crippen MR) is 73.4 cm³/mol. The Morgan fingerprint density at radius 2 is 1.95 bits per heavy atom. The van der Waals surface area contributed by atoms with Crippen LogP contribution >= 0.6 is 11.6 Å². The summed E-state index contributed by atoms with van der Waals surface area (Å²) in [5, 5.41) is 3.12. The van der Waals surface area contributed by atoms with E-state index in [2.05, 4.69) is 16.8 Å². The van der Waals surface area contributed by atoms with Crippen molar-refractivity contribution in [1.29, 1.82) is 0 Å². The highest BCUT2D eigenvalue weighted by atomic mass is 35.5. The average Bonchev–Trinajstić information content (AvgIpc) is 2.43. The molecule has 2 nitrogen and oxygen atoms in total. The Morgan fingerprint density at radius 1 is 1.32 bits per heavy atom. The van der Waals surface area contributed by atoms with Crippen LogP contribution in [0.1, 0.15) is 18.0 Å². The molecule has 1 fully saturated rings. The number of nitrogens with zero attached hydrogens (tertiary/aromatic N) is 1. The van der Waals surface area contributed by atoms with E-state index >= 15 is 0 Å². The molecule has 0 spiro atoms. The first-order chi connectivity index (χ1) is 9.15. The van der Waals surface area contributed by atoms with Gasteiger partial charge in [-0.25, -0.2) is 8.78 Å². The summed E-state index contributed by atoms with van der Waals surface area (Å²) in [6.45, 7) is 6.94. The minimum atomic E-state index is -0.581. The molecule has 0 aliphatic carbocycles. The molecule has 0 amide bonds. The van der Waals surface area contributed by atoms with E-state index in [1.807, 2.05) is 0 Å². The van der Waals surface area contributed by atoms with Crippen LogP contribution in [0.3, 0.4) is 0 Å². The van der Waals surface area contributed by atoms with Gasteiger partial charge in [0.1, 0.15) is 11.6 Å². The number of halogens is 3. The first-order valence-corrected chi connectivity index (χ1v) is 6.72. The van der Waals surface area contributed by atoms with Gasteiger partial charge < -0.3 is 5.32 Å². The SMILES string of the molecule is C=CC[C@@H](c1c(F)ccc(F)c1Cl)N1CCNCC1. The maximum absolute atomic E-state index is 14.0. The fraction of sp³-hybridized carbons (Fsp3) is 0.429. The van der Waals surface area contributed by atoms with Gasteiger partial charge in [-0.3, -0.25) is 4.90 Å². The van der Waals surface area contributed by atoms with E-state index in [1.54, 1.807) is 6.08 Å². The average molecular weight is 287 g/mol. The normalized spacial score (nSPS) is 18.3. The number of hydrogen-bond acceptors (Lipinski definition) is 2. The van der Waals surface area contributed by atoms with Crippen molar-refractivity contribution in [2.75, 3.05) is 26.2 Å².